The summed E-state index contributed by atoms with van der Waals surface area (Å²) in [6.07, 6.45) is 0. The van der Waals surface area contributed by atoms with Gasteiger partial charge in [0.1, 0.15) is 17.4 Å². The van der Waals surface area contributed by atoms with Gasteiger partial charge in [-0.15, -0.1) is 0 Å². The Morgan fingerprint density at radius 3 is 2.55 bits per heavy atom. The molecule has 0 atom stereocenters. The first-order valence-electron chi connectivity index (χ1n) is 5.58. The fourth-order valence-corrected chi connectivity index (χ4v) is 2.05. The Balaban J connectivity index is 2.13. The Hall–Kier alpha value is -1.93. The van der Waals surface area contributed by atoms with E-state index in [2.05, 4.69) is 5.32 Å². The van der Waals surface area contributed by atoms with E-state index in [4.69, 9.17) is 9.56 Å². The van der Waals surface area contributed by atoms with Crippen LogP contribution in [0.15, 0.2) is 33.8 Å². The molecule has 2 rings (SSSR count). The van der Waals surface area contributed by atoms with Crippen LogP contribution in [0.3, 0.4) is 0 Å². The Kier molecular flexibility index (Phi) is 3.78. The molecular formula is C12H12F2N2O3S. The average Bonchev–Trinajstić information content (AvgIpc) is 2.80. The predicted molar refractivity (Wildman–Crippen MR) is 68.5 cm³/mol. The van der Waals surface area contributed by atoms with Gasteiger partial charge in [-0.2, -0.15) is 0 Å². The van der Waals surface area contributed by atoms with Crippen molar-refractivity contribution in [1.29, 1.82) is 0 Å². The molecule has 0 aliphatic carbocycles. The first-order valence-corrected chi connectivity index (χ1v) is 7.13. The van der Waals surface area contributed by atoms with Crippen LogP contribution in [0.25, 0.3) is 0 Å². The molecule has 0 bridgehead atoms. The van der Waals surface area contributed by atoms with Crippen molar-refractivity contribution in [2.75, 3.05) is 5.32 Å². The van der Waals surface area contributed by atoms with Crippen LogP contribution in [0, 0.1) is 18.6 Å². The molecule has 5 nitrogen and oxygen atoms in total. The van der Waals surface area contributed by atoms with Crippen molar-refractivity contribution in [3.63, 3.8) is 0 Å². The normalized spacial score (nSPS) is 11.6. The third kappa shape index (κ3) is 3.14. The summed E-state index contributed by atoms with van der Waals surface area (Å²) in [5, 5.41) is 7.12. The van der Waals surface area contributed by atoms with E-state index in [9.17, 15) is 17.2 Å². The lowest BCUT2D eigenvalue weighted by atomic mass is 10.2. The van der Waals surface area contributed by atoms with Crippen LogP contribution in [-0.4, -0.2) is 8.42 Å². The first-order chi connectivity index (χ1) is 9.27. The predicted octanol–water partition coefficient (Wildman–Crippen LogP) is 2.13. The lowest BCUT2D eigenvalue weighted by Crippen LogP contribution is -2.10. The van der Waals surface area contributed by atoms with E-state index in [0.717, 1.165) is 12.1 Å². The Bertz CT molecular complexity index is 741. The summed E-state index contributed by atoms with van der Waals surface area (Å²) in [7, 11) is -3.91. The minimum Gasteiger partial charge on any atom is -0.446 e. The summed E-state index contributed by atoms with van der Waals surface area (Å²) in [4.78, 5) is 0. The number of nitrogens with one attached hydrogen (secondary N) is 1. The van der Waals surface area contributed by atoms with Crippen LogP contribution in [0.1, 0.15) is 11.3 Å². The summed E-state index contributed by atoms with van der Waals surface area (Å²) >= 11 is 0. The zero-order valence-corrected chi connectivity index (χ0v) is 11.3. The van der Waals surface area contributed by atoms with Crippen molar-refractivity contribution in [2.45, 2.75) is 18.6 Å². The fraction of sp³-hybridized carbons (Fsp3) is 0.167. The third-order valence-electron chi connectivity index (χ3n) is 2.62. The van der Waals surface area contributed by atoms with Crippen molar-refractivity contribution in [3.05, 3.63) is 47.2 Å². The van der Waals surface area contributed by atoms with E-state index in [-0.39, 0.29) is 28.6 Å². The number of nitrogens with two attached hydrogens (primary N) is 1. The van der Waals surface area contributed by atoms with Crippen molar-refractivity contribution in [3.8, 4) is 0 Å². The number of furan rings is 1. The maximum Gasteiger partial charge on any atom is 0.271 e. The van der Waals surface area contributed by atoms with Gasteiger partial charge in [0.25, 0.3) is 10.0 Å². The summed E-state index contributed by atoms with van der Waals surface area (Å²) in [6, 6.07) is 4.66. The summed E-state index contributed by atoms with van der Waals surface area (Å²) < 4.78 is 53.9. The zero-order valence-electron chi connectivity index (χ0n) is 10.5. The highest BCUT2D eigenvalue weighted by Crippen LogP contribution is 2.20. The molecule has 0 saturated heterocycles. The highest BCUT2D eigenvalue weighted by atomic mass is 32.2. The third-order valence-corrected chi connectivity index (χ3v) is 3.40. The number of hydrogen-bond donors (Lipinski definition) is 2. The SMILES string of the molecule is Cc1cc(F)c(NCc2ccc(S(N)(=O)=O)o2)cc1F. The van der Waals surface area contributed by atoms with E-state index in [1.165, 1.54) is 19.1 Å². The molecule has 0 amide bonds. The maximum absolute atomic E-state index is 13.6. The molecule has 3 N–H and O–H groups in total. The number of primary sulfonamides is 1. The van der Waals surface area contributed by atoms with Crippen molar-refractivity contribution >= 4 is 15.7 Å². The van der Waals surface area contributed by atoms with Gasteiger partial charge < -0.3 is 9.73 Å². The standard InChI is InChI=1S/C12H12F2N2O3S/c1-7-4-10(14)11(5-9(7)13)16-6-8-2-3-12(19-8)20(15,17)18/h2-5,16H,6H2,1H3,(H2,15,17,18). The fourth-order valence-electron chi connectivity index (χ4n) is 1.57. The molecule has 1 aromatic carbocycles. The number of aryl methyl sites for hydroxylation is 1. The number of benzene rings is 1. The van der Waals surface area contributed by atoms with Crippen LogP contribution >= 0.6 is 0 Å². The van der Waals surface area contributed by atoms with E-state index >= 15 is 0 Å². The van der Waals surface area contributed by atoms with E-state index in [1.807, 2.05) is 0 Å². The van der Waals surface area contributed by atoms with Gasteiger partial charge in [0.2, 0.25) is 5.09 Å². The van der Waals surface area contributed by atoms with Gasteiger partial charge in [0.05, 0.1) is 12.2 Å². The van der Waals surface area contributed by atoms with Gasteiger partial charge in [-0.05, 0) is 30.7 Å². The van der Waals surface area contributed by atoms with Crippen LogP contribution in [0.5, 0.6) is 0 Å². The molecule has 2 aromatic rings. The van der Waals surface area contributed by atoms with Crippen molar-refractivity contribution < 1.29 is 21.6 Å². The van der Waals surface area contributed by atoms with Gasteiger partial charge >= 0.3 is 0 Å². The second-order valence-electron chi connectivity index (χ2n) is 4.20. The van der Waals surface area contributed by atoms with Gasteiger partial charge in [-0.3, -0.25) is 0 Å². The number of sulfonamides is 1. The molecule has 0 fully saturated rings. The zero-order chi connectivity index (χ0) is 14.9. The van der Waals surface area contributed by atoms with Crippen LogP contribution in [0.2, 0.25) is 0 Å². The summed E-state index contributed by atoms with van der Waals surface area (Å²) in [5.74, 6) is -0.921. The monoisotopic (exact) mass is 302 g/mol. The molecule has 20 heavy (non-hydrogen) atoms. The van der Waals surface area contributed by atoms with E-state index in [0.29, 0.717) is 0 Å². The molecule has 1 heterocycles. The van der Waals surface area contributed by atoms with Crippen LogP contribution in [-0.2, 0) is 16.6 Å². The number of rotatable bonds is 4. The van der Waals surface area contributed by atoms with Gasteiger partial charge in [0.15, 0.2) is 0 Å². The van der Waals surface area contributed by atoms with Crippen molar-refractivity contribution in [1.82, 2.24) is 0 Å². The van der Waals surface area contributed by atoms with Crippen LogP contribution < -0.4 is 10.5 Å². The lowest BCUT2D eigenvalue weighted by molar-refractivity contribution is 0.419. The molecule has 0 spiro atoms. The Morgan fingerprint density at radius 1 is 1.25 bits per heavy atom. The maximum atomic E-state index is 13.6. The minimum absolute atomic E-state index is 0.00502. The Morgan fingerprint density at radius 2 is 1.95 bits per heavy atom. The molecular weight excluding hydrogens is 290 g/mol. The average molecular weight is 302 g/mol. The lowest BCUT2D eigenvalue weighted by Gasteiger charge is -2.07. The molecule has 0 saturated carbocycles. The topological polar surface area (TPSA) is 85.3 Å². The number of halogens is 2. The molecule has 1 aromatic heterocycles. The highest BCUT2D eigenvalue weighted by Gasteiger charge is 2.13. The van der Waals surface area contributed by atoms with Gasteiger partial charge in [0, 0.05) is 6.07 Å². The second kappa shape index (κ2) is 5.22. The van der Waals surface area contributed by atoms with Crippen LogP contribution in [0.4, 0.5) is 14.5 Å². The molecule has 0 aliphatic rings. The second-order valence-corrected chi connectivity index (χ2v) is 5.69. The summed E-state index contributed by atoms with van der Waals surface area (Å²) in [6.45, 7) is 1.45. The van der Waals surface area contributed by atoms with Crippen molar-refractivity contribution in [2.24, 2.45) is 5.14 Å². The van der Waals surface area contributed by atoms with Gasteiger partial charge in [-0.1, -0.05) is 0 Å². The molecule has 0 aliphatic heterocycles. The van der Waals surface area contributed by atoms with Gasteiger partial charge in [-0.25, -0.2) is 22.3 Å². The Labute approximate surface area is 114 Å². The quantitative estimate of drug-likeness (QED) is 0.906. The van der Waals surface area contributed by atoms with E-state index < -0.39 is 21.7 Å². The number of anilines is 1. The number of hydrogen-bond acceptors (Lipinski definition) is 4. The molecule has 108 valence electrons. The molecule has 0 unspecified atom stereocenters. The molecule has 0 radical (unpaired) electrons. The molecule has 8 heteroatoms. The highest BCUT2D eigenvalue weighted by molar-refractivity contribution is 7.89. The minimum atomic E-state index is -3.91. The smallest absolute Gasteiger partial charge is 0.271 e. The largest absolute Gasteiger partial charge is 0.446 e. The van der Waals surface area contributed by atoms with E-state index in [1.54, 1.807) is 0 Å². The summed E-state index contributed by atoms with van der Waals surface area (Å²) in [5.41, 5.74) is 0.157. The first kappa shape index (κ1) is 14.5.